The molecule has 0 bridgehead atoms. The fourth-order valence-corrected chi connectivity index (χ4v) is 2.77. The highest BCUT2D eigenvalue weighted by molar-refractivity contribution is 6.22. The van der Waals surface area contributed by atoms with E-state index in [0.717, 1.165) is 28.8 Å². The molecule has 2 rings (SSSR count). The van der Waals surface area contributed by atoms with Crippen LogP contribution in [0.2, 0.25) is 0 Å². The van der Waals surface area contributed by atoms with Crippen LogP contribution in [0.15, 0.2) is 54.1 Å². The molecule has 2 aromatic carbocycles. The number of allylic oxidation sites excluding steroid dienone is 1. The minimum absolute atomic E-state index is 0.0566. The molecule has 0 spiro atoms. The summed E-state index contributed by atoms with van der Waals surface area (Å²) in [4.78, 5) is 1.99. The van der Waals surface area contributed by atoms with Gasteiger partial charge in [0, 0.05) is 36.0 Å². The van der Waals surface area contributed by atoms with Gasteiger partial charge in [-0.15, -0.1) is 0 Å². The Morgan fingerprint density at radius 3 is 2.38 bits per heavy atom. The minimum Gasteiger partial charge on any atom is -0.384 e. The third-order valence-corrected chi connectivity index (χ3v) is 4.18. The fraction of sp³-hybridized carbons (Fsp3) is 0.250. The van der Waals surface area contributed by atoms with Crippen LogP contribution in [-0.4, -0.2) is 12.9 Å². The molecule has 0 saturated carbocycles. The molecule has 0 saturated heterocycles. The summed E-state index contributed by atoms with van der Waals surface area (Å²) in [6.45, 7) is 4.48. The molecule has 0 heterocycles. The molecule has 0 fully saturated rings. The van der Waals surface area contributed by atoms with Crippen molar-refractivity contribution >= 4 is 17.1 Å². The zero-order chi connectivity index (χ0) is 17.7. The Morgan fingerprint density at radius 1 is 1.12 bits per heavy atom. The zero-order valence-corrected chi connectivity index (χ0v) is 14.4. The van der Waals surface area contributed by atoms with E-state index in [1.54, 1.807) is 12.1 Å². The Labute approximate surface area is 143 Å². The van der Waals surface area contributed by atoms with Gasteiger partial charge in [-0.05, 0) is 25.5 Å². The molecule has 0 aliphatic carbocycles. The first-order valence-electron chi connectivity index (χ1n) is 8.03. The average Bonchev–Trinajstić information content (AvgIpc) is 2.57. The summed E-state index contributed by atoms with van der Waals surface area (Å²) in [6, 6.07) is 14.6. The molecule has 0 aliphatic heterocycles. The second-order valence-electron chi connectivity index (χ2n) is 5.89. The number of para-hydroxylation sites is 1. The molecule has 3 N–H and O–H groups in total. The third kappa shape index (κ3) is 3.82. The summed E-state index contributed by atoms with van der Waals surface area (Å²) < 4.78 is 13.9. The minimum atomic E-state index is -0.214. The molecule has 126 valence electrons. The van der Waals surface area contributed by atoms with Gasteiger partial charge in [-0.2, -0.15) is 0 Å². The van der Waals surface area contributed by atoms with Crippen LogP contribution in [0.1, 0.15) is 31.4 Å². The van der Waals surface area contributed by atoms with Crippen LogP contribution in [0.3, 0.4) is 0 Å². The maximum atomic E-state index is 13.9. The van der Waals surface area contributed by atoms with Crippen LogP contribution in [0.4, 0.5) is 10.1 Å². The number of hydrogen-bond acceptors (Lipinski definition) is 2. The van der Waals surface area contributed by atoms with Crippen molar-refractivity contribution in [2.75, 3.05) is 11.9 Å². The van der Waals surface area contributed by atoms with Crippen molar-refractivity contribution < 1.29 is 4.39 Å². The van der Waals surface area contributed by atoms with Crippen LogP contribution in [0, 0.1) is 11.2 Å². The molecule has 0 aliphatic rings. The van der Waals surface area contributed by atoms with E-state index < -0.39 is 0 Å². The van der Waals surface area contributed by atoms with Crippen LogP contribution < -0.4 is 10.6 Å². The largest absolute Gasteiger partial charge is 0.384 e. The van der Waals surface area contributed by atoms with E-state index in [2.05, 4.69) is 0 Å². The quantitative estimate of drug-likeness (QED) is 0.603. The third-order valence-electron chi connectivity index (χ3n) is 4.18. The Morgan fingerprint density at radius 2 is 1.75 bits per heavy atom. The van der Waals surface area contributed by atoms with Gasteiger partial charge in [0.25, 0.3) is 0 Å². The molecule has 0 amide bonds. The Kier molecular flexibility index (Phi) is 5.74. The molecule has 0 radical (unpaired) electrons. The summed E-state index contributed by atoms with van der Waals surface area (Å²) in [6.07, 6.45) is 0.820. The molecule has 24 heavy (non-hydrogen) atoms. The summed E-state index contributed by atoms with van der Waals surface area (Å²) in [5.41, 5.74) is 10.1. The number of rotatable bonds is 6. The first kappa shape index (κ1) is 17.7. The first-order valence-corrected chi connectivity index (χ1v) is 8.03. The number of benzene rings is 2. The molecule has 3 nitrogen and oxygen atoms in total. The lowest BCUT2D eigenvalue weighted by Gasteiger charge is -2.24. The maximum absolute atomic E-state index is 13.9. The van der Waals surface area contributed by atoms with Gasteiger partial charge < -0.3 is 10.6 Å². The number of anilines is 1. The van der Waals surface area contributed by atoms with Crippen molar-refractivity contribution in [1.82, 2.24) is 0 Å². The molecular formula is C20H24FN3. The SMILES string of the molecule is CC/C(C)=C(\C(=N)N)c1ccccc1N(C)Cc1ccccc1F. The first-order chi connectivity index (χ1) is 11.5. The lowest BCUT2D eigenvalue weighted by molar-refractivity contribution is 0.608. The molecule has 2 aromatic rings. The predicted octanol–water partition coefficient (Wildman–Crippen LogP) is 4.58. The Bertz CT molecular complexity index is 765. The van der Waals surface area contributed by atoms with Crippen molar-refractivity contribution in [3.05, 3.63) is 71.0 Å². The van der Waals surface area contributed by atoms with Crippen molar-refractivity contribution in [2.24, 2.45) is 5.73 Å². The van der Waals surface area contributed by atoms with Crippen molar-refractivity contribution in [3.63, 3.8) is 0 Å². The number of nitrogens with two attached hydrogens (primary N) is 1. The monoisotopic (exact) mass is 325 g/mol. The number of halogens is 1. The van der Waals surface area contributed by atoms with Crippen LogP contribution in [-0.2, 0) is 6.54 Å². The van der Waals surface area contributed by atoms with Crippen molar-refractivity contribution in [2.45, 2.75) is 26.8 Å². The van der Waals surface area contributed by atoms with E-state index in [0.29, 0.717) is 12.1 Å². The van der Waals surface area contributed by atoms with E-state index in [1.807, 2.05) is 56.1 Å². The zero-order valence-electron chi connectivity index (χ0n) is 14.4. The van der Waals surface area contributed by atoms with Gasteiger partial charge in [-0.3, -0.25) is 5.41 Å². The van der Waals surface area contributed by atoms with Gasteiger partial charge in [0.05, 0.1) is 0 Å². The van der Waals surface area contributed by atoms with E-state index in [4.69, 9.17) is 11.1 Å². The predicted molar refractivity (Wildman–Crippen MR) is 99.7 cm³/mol. The van der Waals surface area contributed by atoms with Gasteiger partial charge in [0.1, 0.15) is 11.7 Å². The second-order valence-corrected chi connectivity index (χ2v) is 5.89. The van der Waals surface area contributed by atoms with Crippen LogP contribution in [0.5, 0.6) is 0 Å². The number of amidine groups is 1. The fourth-order valence-electron chi connectivity index (χ4n) is 2.77. The Balaban J connectivity index is 2.45. The normalized spacial score (nSPS) is 11.8. The summed E-state index contributed by atoms with van der Waals surface area (Å²) in [5, 5.41) is 7.96. The standard InChI is InChI=1S/C20H24FN3/c1-4-14(2)19(20(22)23)16-10-6-8-12-18(16)24(3)13-15-9-5-7-11-17(15)21/h5-12H,4,13H2,1-3H3,(H3,22,23)/b19-14-. The molecule has 4 heteroatoms. The van der Waals surface area contributed by atoms with Crippen LogP contribution in [0.25, 0.3) is 5.57 Å². The number of nitrogens with one attached hydrogen (secondary N) is 1. The maximum Gasteiger partial charge on any atom is 0.128 e. The highest BCUT2D eigenvalue weighted by Gasteiger charge is 2.16. The van der Waals surface area contributed by atoms with Crippen molar-refractivity contribution in [1.29, 1.82) is 5.41 Å². The lowest BCUT2D eigenvalue weighted by atomic mass is 9.96. The van der Waals surface area contributed by atoms with E-state index >= 15 is 0 Å². The molecule has 0 unspecified atom stereocenters. The summed E-state index contributed by atoms with van der Waals surface area (Å²) in [7, 11) is 1.92. The summed E-state index contributed by atoms with van der Waals surface area (Å²) >= 11 is 0. The number of nitrogens with zero attached hydrogens (tertiary/aromatic N) is 1. The van der Waals surface area contributed by atoms with Gasteiger partial charge in [0.2, 0.25) is 0 Å². The summed E-state index contributed by atoms with van der Waals surface area (Å²) in [5.74, 6) is -0.157. The smallest absolute Gasteiger partial charge is 0.128 e. The van der Waals surface area contributed by atoms with Crippen LogP contribution >= 0.6 is 0 Å². The average molecular weight is 325 g/mol. The molecule has 0 aromatic heterocycles. The van der Waals surface area contributed by atoms with Gasteiger partial charge in [-0.25, -0.2) is 4.39 Å². The topological polar surface area (TPSA) is 53.1 Å². The molecule has 0 atom stereocenters. The number of hydrogen-bond donors (Lipinski definition) is 2. The van der Waals surface area contributed by atoms with E-state index in [9.17, 15) is 4.39 Å². The second kappa shape index (κ2) is 7.77. The van der Waals surface area contributed by atoms with Gasteiger partial charge in [-0.1, -0.05) is 48.9 Å². The van der Waals surface area contributed by atoms with Crippen molar-refractivity contribution in [3.8, 4) is 0 Å². The molecular weight excluding hydrogens is 301 g/mol. The lowest BCUT2D eigenvalue weighted by Crippen LogP contribution is -2.21. The van der Waals surface area contributed by atoms with Gasteiger partial charge in [0.15, 0.2) is 0 Å². The van der Waals surface area contributed by atoms with E-state index in [1.165, 1.54) is 6.07 Å². The Hall–Kier alpha value is -2.62. The van der Waals surface area contributed by atoms with E-state index in [-0.39, 0.29) is 11.7 Å². The highest BCUT2D eigenvalue weighted by atomic mass is 19.1. The highest BCUT2D eigenvalue weighted by Crippen LogP contribution is 2.30. The van der Waals surface area contributed by atoms with Gasteiger partial charge >= 0.3 is 0 Å².